The van der Waals surface area contributed by atoms with Gasteiger partial charge in [-0.2, -0.15) is 0 Å². The fourth-order valence-corrected chi connectivity index (χ4v) is 2.28. The third-order valence-electron chi connectivity index (χ3n) is 3.33. The van der Waals surface area contributed by atoms with Crippen LogP contribution in [-0.2, 0) is 9.59 Å². The molecule has 1 saturated heterocycles. The second-order valence-corrected chi connectivity index (χ2v) is 5.94. The zero-order valence-corrected chi connectivity index (χ0v) is 11.5. The van der Waals surface area contributed by atoms with Crippen molar-refractivity contribution in [3.63, 3.8) is 0 Å². The summed E-state index contributed by atoms with van der Waals surface area (Å²) in [6.45, 7) is 7.30. The first-order valence-corrected chi connectivity index (χ1v) is 6.53. The highest BCUT2D eigenvalue weighted by atomic mass is 16.4. The number of carboxylic acid groups (broad SMARTS) is 1. The molecule has 18 heavy (non-hydrogen) atoms. The van der Waals surface area contributed by atoms with E-state index in [-0.39, 0.29) is 12.5 Å². The first-order valence-electron chi connectivity index (χ1n) is 6.53. The minimum Gasteiger partial charge on any atom is -0.480 e. The molecule has 1 fully saturated rings. The van der Waals surface area contributed by atoms with Crippen molar-refractivity contribution in [3.05, 3.63) is 0 Å². The Morgan fingerprint density at radius 2 is 1.83 bits per heavy atom. The molecule has 0 saturated carbocycles. The standard InChI is InChI=1S/C13H24N2O3/c1-13(2,3)15(9-12(17)18)11(16)8-10-4-6-14-7-5-10/h10,14H,4-9H2,1-3H3,(H,17,18). The Hall–Kier alpha value is -1.10. The molecule has 1 aliphatic heterocycles. The molecule has 0 aromatic rings. The largest absolute Gasteiger partial charge is 0.480 e. The Balaban J connectivity index is 2.61. The molecule has 0 spiro atoms. The van der Waals surface area contributed by atoms with Crippen molar-refractivity contribution in [1.29, 1.82) is 0 Å². The van der Waals surface area contributed by atoms with E-state index in [4.69, 9.17) is 5.11 Å². The molecule has 0 unspecified atom stereocenters. The molecular weight excluding hydrogens is 232 g/mol. The van der Waals surface area contributed by atoms with E-state index in [1.807, 2.05) is 20.8 Å². The summed E-state index contributed by atoms with van der Waals surface area (Å²) in [6, 6.07) is 0. The first-order chi connectivity index (χ1) is 8.30. The molecule has 0 aliphatic carbocycles. The normalized spacial score (nSPS) is 17.5. The van der Waals surface area contributed by atoms with Crippen LogP contribution >= 0.6 is 0 Å². The van der Waals surface area contributed by atoms with Crippen molar-refractivity contribution in [2.24, 2.45) is 5.92 Å². The summed E-state index contributed by atoms with van der Waals surface area (Å²) in [4.78, 5) is 24.6. The lowest BCUT2D eigenvalue weighted by atomic mass is 9.93. The number of nitrogens with zero attached hydrogens (tertiary/aromatic N) is 1. The second kappa shape index (κ2) is 6.18. The van der Waals surface area contributed by atoms with Gasteiger partial charge in [-0.1, -0.05) is 0 Å². The Labute approximate surface area is 109 Å². The van der Waals surface area contributed by atoms with Crippen LogP contribution in [0.15, 0.2) is 0 Å². The van der Waals surface area contributed by atoms with E-state index < -0.39 is 11.5 Å². The summed E-state index contributed by atoms with van der Waals surface area (Å²) >= 11 is 0. The van der Waals surface area contributed by atoms with E-state index in [9.17, 15) is 9.59 Å². The summed E-state index contributed by atoms with van der Waals surface area (Å²) in [7, 11) is 0. The van der Waals surface area contributed by atoms with Gasteiger partial charge in [0.2, 0.25) is 5.91 Å². The summed E-state index contributed by atoms with van der Waals surface area (Å²) in [5, 5.41) is 12.2. The van der Waals surface area contributed by atoms with Crippen molar-refractivity contribution in [2.75, 3.05) is 19.6 Å². The van der Waals surface area contributed by atoms with Gasteiger partial charge in [-0.15, -0.1) is 0 Å². The number of hydrogen-bond donors (Lipinski definition) is 2. The highest BCUT2D eigenvalue weighted by Gasteiger charge is 2.30. The third kappa shape index (κ3) is 4.64. The van der Waals surface area contributed by atoms with E-state index in [2.05, 4.69) is 5.32 Å². The Bertz CT molecular complexity index is 304. The average Bonchev–Trinajstić information content (AvgIpc) is 2.25. The number of hydrogen-bond acceptors (Lipinski definition) is 3. The van der Waals surface area contributed by atoms with Crippen molar-refractivity contribution in [2.45, 2.75) is 45.6 Å². The summed E-state index contributed by atoms with van der Waals surface area (Å²) in [6.07, 6.45) is 2.46. The van der Waals surface area contributed by atoms with Crippen molar-refractivity contribution in [3.8, 4) is 0 Å². The molecule has 1 rings (SSSR count). The number of carboxylic acids is 1. The number of rotatable bonds is 4. The van der Waals surface area contributed by atoms with E-state index in [1.54, 1.807) is 0 Å². The van der Waals surface area contributed by atoms with Crippen LogP contribution in [0.2, 0.25) is 0 Å². The highest BCUT2D eigenvalue weighted by molar-refractivity contribution is 5.82. The van der Waals surface area contributed by atoms with E-state index in [1.165, 1.54) is 4.90 Å². The Morgan fingerprint density at radius 1 is 1.28 bits per heavy atom. The van der Waals surface area contributed by atoms with Crippen LogP contribution in [0.25, 0.3) is 0 Å². The van der Waals surface area contributed by atoms with Crippen LogP contribution in [0.1, 0.15) is 40.0 Å². The molecule has 104 valence electrons. The molecule has 1 heterocycles. The van der Waals surface area contributed by atoms with Crippen molar-refractivity contribution in [1.82, 2.24) is 10.2 Å². The van der Waals surface area contributed by atoms with Crippen LogP contribution < -0.4 is 5.32 Å². The van der Waals surface area contributed by atoms with Gasteiger partial charge in [-0.05, 0) is 52.6 Å². The zero-order valence-electron chi connectivity index (χ0n) is 11.5. The molecule has 0 atom stereocenters. The predicted octanol–water partition coefficient (Wildman–Crippen LogP) is 1.09. The van der Waals surface area contributed by atoms with Gasteiger partial charge in [-0.3, -0.25) is 9.59 Å². The lowest BCUT2D eigenvalue weighted by Crippen LogP contribution is -2.49. The van der Waals surface area contributed by atoms with Gasteiger partial charge in [0.1, 0.15) is 6.54 Å². The quantitative estimate of drug-likeness (QED) is 0.790. The molecule has 5 heteroatoms. The van der Waals surface area contributed by atoms with Crippen LogP contribution in [0.5, 0.6) is 0 Å². The molecule has 1 amide bonds. The minimum atomic E-state index is -0.955. The Morgan fingerprint density at radius 3 is 2.28 bits per heavy atom. The smallest absolute Gasteiger partial charge is 0.323 e. The lowest BCUT2D eigenvalue weighted by Gasteiger charge is -2.36. The van der Waals surface area contributed by atoms with Crippen LogP contribution in [0.4, 0.5) is 0 Å². The number of piperidine rings is 1. The van der Waals surface area contributed by atoms with Gasteiger partial charge < -0.3 is 15.3 Å². The van der Waals surface area contributed by atoms with E-state index in [0.29, 0.717) is 12.3 Å². The Kier molecular flexibility index (Phi) is 5.14. The number of nitrogens with one attached hydrogen (secondary N) is 1. The second-order valence-electron chi connectivity index (χ2n) is 5.94. The third-order valence-corrected chi connectivity index (χ3v) is 3.33. The maximum absolute atomic E-state index is 12.2. The number of aliphatic carboxylic acids is 1. The molecule has 1 aliphatic rings. The molecule has 0 aromatic heterocycles. The number of carbonyl (C=O) groups excluding carboxylic acids is 1. The molecule has 0 radical (unpaired) electrons. The maximum atomic E-state index is 12.2. The van der Waals surface area contributed by atoms with Crippen LogP contribution in [-0.4, -0.2) is 47.1 Å². The molecule has 2 N–H and O–H groups in total. The van der Waals surface area contributed by atoms with Crippen LogP contribution in [0, 0.1) is 5.92 Å². The molecule has 0 bridgehead atoms. The number of carbonyl (C=O) groups is 2. The monoisotopic (exact) mass is 256 g/mol. The summed E-state index contributed by atoms with van der Waals surface area (Å²) in [5.41, 5.74) is -0.442. The molecule has 5 nitrogen and oxygen atoms in total. The van der Waals surface area contributed by atoms with Gasteiger partial charge in [0.05, 0.1) is 0 Å². The van der Waals surface area contributed by atoms with Gasteiger partial charge in [0, 0.05) is 12.0 Å². The number of amides is 1. The SMILES string of the molecule is CC(C)(C)N(CC(=O)O)C(=O)CC1CCNCC1. The fraction of sp³-hybridized carbons (Fsp3) is 0.846. The predicted molar refractivity (Wildman–Crippen MR) is 69.3 cm³/mol. The van der Waals surface area contributed by atoms with Crippen molar-refractivity contribution >= 4 is 11.9 Å². The summed E-state index contributed by atoms with van der Waals surface area (Å²) < 4.78 is 0. The highest BCUT2D eigenvalue weighted by Crippen LogP contribution is 2.21. The molecule has 0 aromatic carbocycles. The summed E-state index contributed by atoms with van der Waals surface area (Å²) in [5.74, 6) is -0.613. The van der Waals surface area contributed by atoms with Gasteiger partial charge >= 0.3 is 5.97 Å². The maximum Gasteiger partial charge on any atom is 0.323 e. The van der Waals surface area contributed by atoms with Gasteiger partial charge in [0.25, 0.3) is 0 Å². The molecular formula is C13H24N2O3. The van der Waals surface area contributed by atoms with E-state index >= 15 is 0 Å². The topological polar surface area (TPSA) is 69.6 Å². The van der Waals surface area contributed by atoms with Crippen LogP contribution in [0.3, 0.4) is 0 Å². The van der Waals surface area contributed by atoms with Gasteiger partial charge in [0.15, 0.2) is 0 Å². The van der Waals surface area contributed by atoms with Crippen molar-refractivity contribution < 1.29 is 14.7 Å². The van der Waals surface area contributed by atoms with Gasteiger partial charge in [-0.25, -0.2) is 0 Å². The minimum absolute atomic E-state index is 0.0446. The fourth-order valence-electron chi connectivity index (χ4n) is 2.28. The lowest BCUT2D eigenvalue weighted by molar-refractivity contribution is -0.148. The van der Waals surface area contributed by atoms with E-state index in [0.717, 1.165) is 25.9 Å². The average molecular weight is 256 g/mol. The first kappa shape index (κ1) is 15.0. The zero-order chi connectivity index (χ0) is 13.8.